The molecule has 0 saturated carbocycles. The number of carbonyl (C=O) groups excluding carboxylic acids is 1. The van der Waals surface area contributed by atoms with Gasteiger partial charge in [0.15, 0.2) is 0 Å². The molecular weight excluding hydrogens is 267 g/mol. The highest BCUT2D eigenvalue weighted by atomic mass is 19.1. The zero-order valence-electron chi connectivity index (χ0n) is 11.6. The third-order valence-electron chi connectivity index (χ3n) is 3.75. The maximum absolute atomic E-state index is 13.1. The molecule has 21 heavy (non-hydrogen) atoms. The number of fused-ring (bicyclic) bond motifs is 1. The SMILES string of the molecule is O=C(NCc1cccc(F)c1)C1CNc2ccccc2C1. The molecule has 4 heteroatoms. The molecule has 1 atom stereocenters. The van der Waals surface area contributed by atoms with E-state index in [0.29, 0.717) is 13.1 Å². The van der Waals surface area contributed by atoms with Gasteiger partial charge in [-0.2, -0.15) is 0 Å². The number of hydrogen-bond donors (Lipinski definition) is 2. The smallest absolute Gasteiger partial charge is 0.225 e. The number of halogens is 1. The molecule has 3 rings (SSSR count). The van der Waals surface area contributed by atoms with Crippen molar-refractivity contribution >= 4 is 11.6 Å². The average molecular weight is 284 g/mol. The van der Waals surface area contributed by atoms with E-state index in [0.717, 1.165) is 23.2 Å². The maximum atomic E-state index is 13.1. The van der Waals surface area contributed by atoms with Crippen LogP contribution in [0.2, 0.25) is 0 Å². The summed E-state index contributed by atoms with van der Waals surface area (Å²) < 4.78 is 13.1. The van der Waals surface area contributed by atoms with Crippen LogP contribution in [-0.4, -0.2) is 12.5 Å². The molecule has 1 amide bonds. The van der Waals surface area contributed by atoms with Crippen molar-refractivity contribution in [2.45, 2.75) is 13.0 Å². The molecule has 1 heterocycles. The third kappa shape index (κ3) is 3.21. The zero-order chi connectivity index (χ0) is 14.7. The van der Waals surface area contributed by atoms with Crippen molar-refractivity contribution in [3.8, 4) is 0 Å². The van der Waals surface area contributed by atoms with Crippen molar-refractivity contribution in [2.75, 3.05) is 11.9 Å². The normalized spacial score (nSPS) is 16.7. The van der Waals surface area contributed by atoms with Crippen molar-refractivity contribution in [3.63, 3.8) is 0 Å². The van der Waals surface area contributed by atoms with Crippen LogP contribution in [0.25, 0.3) is 0 Å². The van der Waals surface area contributed by atoms with Gasteiger partial charge in [-0.25, -0.2) is 4.39 Å². The molecule has 0 radical (unpaired) electrons. The van der Waals surface area contributed by atoms with E-state index in [2.05, 4.69) is 10.6 Å². The minimum absolute atomic E-state index is 0.00117. The summed E-state index contributed by atoms with van der Waals surface area (Å²) in [7, 11) is 0. The zero-order valence-corrected chi connectivity index (χ0v) is 11.6. The topological polar surface area (TPSA) is 41.1 Å². The molecule has 1 aliphatic rings. The molecule has 0 spiro atoms. The summed E-state index contributed by atoms with van der Waals surface area (Å²) in [5.41, 5.74) is 3.04. The molecule has 1 aliphatic heterocycles. The van der Waals surface area contributed by atoms with Gasteiger partial charge in [-0.1, -0.05) is 30.3 Å². The number of para-hydroxylation sites is 1. The molecule has 0 aromatic heterocycles. The van der Waals surface area contributed by atoms with Crippen molar-refractivity contribution in [2.24, 2.45) is 5.92 Å². The van der Waals surface area contributed by atoms with Crippen LogP contribution in [0.3, 0.4) is 0 Å². The van der Waals surface area contributed by atoms with E-state index in [4.69, 9.17) is 0 Å². The lowest BCUT2D eigenvalue weighted by molar-refractivity contribution is -0.124. The Labute approximate surface area is 123 Å². The van der Waals surface area contributed by atoms with Crippen molar-refractivity contribution in [1.82, 2.24) is 5.32 Å². The summed E-state index contributed by atoms with van der Waals surface area (Å²) in [5.74, 6) is -0.371. The lowest BCUT2D eigenvalue weighted by Crippen LogP contribution is -2.37. The second-order valence-electron chi connectivity index (χ2n) is 5.29. The Morgan fingerprint density at radius 2 is 2.10 bits per heavy atom. The third-order valence-corrected chi connectivity index (χ3v) is 3.75. The molecule has 0 aliphatic carbocycles. The van der Waals surface area contributed by atoms with Crippen molar-refractivity contribution in [1.29, 1.82) is 0 Å². The first-order chi connectivity index (χ1) is 10.2. The first-order valence-electron chi connectivity index (χ1n) is 7.06. The van der Waals surface area contributed by atoms with Crippen molar-refractivity contribution < 1.29 is 9.18 Å². The van der Waals surface area contributed by atoms with E-state index >= 15 is 0 Å². The highest BCUT2D eigenvalue weighted by molar-refractivity contribution is 5.80. The maximum Gasteiger partial charge on any atom is 0.225 e. The summed E-state index contributed by atoms with van der Waals surface area (Å²) >= 11 is 0. The predicted octanol–water partition coefficient (Wildman–Crippen LogP) is 2.73. The number of carbonyl (C=O) groups is 1. The van der Waals surface area contributed by atoms with Crippen LogP contribution in [-0.2, 0) is 17.8 Å². The molecule has 2 N–H and O–H groups in total. The predicted molar refractivity (Wildman–Crippen MR) is 80.4 cm³/mol. The van der Waals surface area contributed by atoms with Crippen LogP contribution in [0.4, 0.5) is 10.1 Å². The fourth-order valence-corrected chi connectivity index (χ4v) is 2.61. The largest absolute Gasteiger partial charge is 0.384 e. The van der Waals surface area contributed by atoms with Crippen LogP contribution in [0.5, 0.6) is 0 Å². The summed E-state index contributed by atoms with van der Waals surface area (Å²) in [5, 5.41) is 6.16. The molecule has 0 bridgehead atoms. The van der Waals surface area contributed by atoms with E-state index in [1.54, 1.807) is 12.1 Å². The van der Waals surface area contributed by atoms with Crippen LogP contribution in [0.15, 0.2) is 48.5 Å². The number of rotatable bonds is 3. The van der Waals surface area contributed by atoms with Gasteiger partial charge in [-0.05, 0) is 35.7 Å². The lowest BCUT2D eigenvalue weighted by atomic mass is 9.93. The van der Waals surface area contributed by atoms with Gasteiger partial charge in [0.05, 0.1) is 5.92 Å². The van der Waals surface area contributed by atoms with Gasteiger partial charge >= 0.3 is 0 Å². The van der Waals surface area contributed by atoms with E-state index in [1.165, 1.54) is 12.1 Å². The fourth-order valence-electron chi connectivity index (χ4n) is 2.61. The molecule has 1 unspecified atom stereocenters. The molecule has 3 nitrogen and oxygen atoms in total. The molecule has 0 fully saturated rings. The van der Waals surface area contributed by atoms with Gasteiger partial charge in [-0.3, -0.25) is 4.79 Å². The van der Waals surface area contributed by atoms with E-state index in [-0.39, 0.29) is 17.6 Å². The van der Waals surface area contributed by atoms with Crippen LogP contribution < -0.4 is 10.6 Å². The van der Waals surface area contributed by atoms with Gasteiger partial charge in [0.1, 0.15) is 5.82 Å². The monoisotopic (exact) mass is 284 g/mol. The highest BCUT2D eigenvalue weighted by Gasteiger charge is 2.23. The molecular formula is C17H17FN2O. The standard InChI is InChI=1S/C17H17FN2O/c18-15-6-3-4-12(8-15)10-20-17(21)14-9-13-5-1-2-7-16(13)19-11-14/h1-8,14,19H,9-11H2,(H,20,21). The molecule has 2 aromatic rings. The van der Waals surface area contributed by atoms with E-state index in [9.17, 15) is 9.18 Å². The summed E-state index contributed by atoms with van der Waals surface area (Å²) in [6, 6.07) is 14.3. The minimum Gasteiger partial charge on any atom is -0.384 e. The van der Waals surface area contributed by atoms with Gasteiger partial charge in [-0.15, -0.1) is 0 Å². The Morgan fingerprint density at radius 1 is 1.24 bits per heavy atom. The number of hydrogen-bond acceptors (Lipinski definition) is 2. The van der Waals surface area contributed by atoms with Gasteiger partial charge in [0.25, 0.3) is 0 Å². The Hall–Kier alpha value is -2.36. The fraction of sp³-hybridized carbons (Fsp3) is 0.235. The molecule has 0 saturated heterocycles. The molecule has 2 aromatic carbocycles. The summed E-state index contributed by atoms with van der Waals surface area (Å²) in [6.45, 7) is 0.987. The Morgan fingerprint density at radius 3 is 2.95 bits per heavy atom. The van der Waals surface area contributed by atoms with Crippen LogP contribution in [0.1, 0.15) is 11.1 Å². The molecule has 108 valence electrons. The second-order valence-corrected chi connectivity index (χ2v) is 5.29. The van der Waals surface area contributed by atoms with Gasteiger partial charge in [0, 0.05) is 18.8 Å². The van der Waals surface area contributed by atoms with Crippen LogP contribution >= 0.6 is 0 Å². The minimum atomic E-state index is -0.282. The van der Waals surface area contributed by atoms with Gasteiger partial charge in [0.2, 0.25) is 5.91 Å². The average Bonchev–Trinajstić information content (AvgIpc) is 2.52. The summed E-state index contributed by atoms with van der Waals surface area (Å²) in [6.07, 6.45) is 0.734. The first-order valence-corrected chi connectivity index (χ1v) is 7.06. The van der Waals surface area contributed by atoms with Crippen molar-refractivity contribution in [3.05, 3.63) is 65.5 Å². The highest BCUT2D eigenvalue weighted by Crippen LogP contribution is 2.24. The van der Waals surface area contributed by atoms with E-state index < -0.39 is 0 Å². The summed E-state index contributed by atoms with van der Waals surface area (Å²) in [4.78, 5) is 12.2. The Bertz CT molecular complexity index is 657. The van der Waals surface area contributed by atoms with Gasteiger partial charge < -0.3 is 10.6 Å². The Kier molecular flexibility index (Phi) is 3.86. The number of amides is 1. The first kappa shape index (κ1) is 13.6. The van der Waals surface area contributed by atoms with Crippen LogP contribution in [0, 0.1) is 11.7 Å². The number of nitrogens with one attached hydrogen (secondary N) is 2. The number of benzene rings is 2. The number of anilines is 1. The second kappa shape index (κ2) is 5.95. The quantitative estimate of drug-likeness (QED) is 0.910. The lowest BCUT2D eigenvalue weighted by Gasteiger charge is -2.25. The van der Waals surface area contributed by atoms with E-state index in [1.807, 2.05) is 24.3 Å². The Balaban J connectivity index is 1.59.